The number of hydrogen-bond donors (Lipinski definition) is 1. The highest BCUT2D eigenvalue weighted by Crippen LogP contribution is 2.44. The van der Waals surface area contributed by atoms with Crippen LogP contribution in [0.15, 0.2) is 10.8 Å². The molecular formula is C15H20N4O2. The number of aromatic nitrogens is 4. The van der Waals surface area contributed by atoms with E-state index in [0.29, 0.717) is 18.4 Å². The maximum Gasteiger partial charge on any atom is 0.181 e. The highest BCUT2D eigenvalue weighted by atomic mass is 16.3. The molecule has 112 valence electrons. The highest BCUT2D eigenvalue weighted by Gasteiger charge is 2.33. The molecule has 0 bridgehead atoms. The van der Waals surface area contributed by atoms with Gasteiger partial charge >= 0.3 is 0 Å². The number of hydrogen-bond acceptors (Lipinski definition) is 5. The molecular weight excluding hydrogens is 268 g/mol. The monoisotopic (exact) mass is 288 g/mol. The fraction of sp³-hybridized carbons (Fsp3) is 0.667. The average Bonchev–Trinajstić information content (AvgIpc) is 2.96. The average molecular weight is 288 g/mol. The van der Waals surface area contributed by atoms with Crippen LogP contribution < -0.4 is 0 Å². The van der Waals surface area contributed by atoms with Gasteiger partial charge in [-0.05, 0) is 25.7 Å². The first-order chi connectivity index (χ1) is 10.4. The Labute approximate surface area is 123 Å². The summed E-state index contributed by atoms with van der Waals surface area (Å²) in [4.78, 5) is 9.10. The van der Waals surface area contributed by atoms with E-state index in [1.807, 2.05) is 0 Å². The van der Waals surface area contributed by atoms with E-state index in [1.165, 1.54) is 19.2 Å². The van der Waals surface area contributed by atoms with E-state index in [0.717, 1.165) is 48.8 Å². The lowest BCUT2D eigenvalue weighted by molar-refractivity contribution is 0.269. The predicted octanol–water partition coefficient (Wildman–Crippen LogP) is 2.46. The molecule has 2 heterocycles. The first kappa shape index (κ1) is 13.0. The second-order valence-electron chi connectivity index (χ2n) is 6.06. The maximum absolute atomic E-state index is 9.27. The van der Waals surface area contributed by atoms with E-state index in [2.05, 4.69) is 10.1 Å². The zero-order valence-corrected chi connectivity index (χ0v) is 12.0. The van der Waals surface area contributed by atoms with Crippen LogP contribution in [-0.4, -0.2) is 31.5 Å². The zero-order valence-electron chi connectivity index (χ0n) is 12.0. The van der Waals surface area contributed by atoms with Gasteiger partial charge in [0.05, 0.1) is 13.2 Å². The van der Waals surface area contributed by atoms with Crippen molar-refractivity contribution in [3.8, 4) is 11.5 Å². The second kappa shape index (κ2) is 5.26. The van der Waals surface area contributed by atoms with Gasteiger partial charge in [0.15, 0.2) is 18.0 Å². The lowest BCUT2D eigenvalue weighted by Gasteiger charge is -2.02. The predicted molar refractivity (Wildman–Crippen MR) is 75.8 cm³/mol. The van der Waals surface area contributed by atoms with Crippen LogP contribution in [0.3, 0.4) is 0 Å². The summed E-state index contributed by atoms with van der Waals surface area (Å²) in [5.74, 6) is 3.53. The molecule has 0 aliphatic heterocycles. The first-order valence-electron chi connectivity index (χ1n) is 7.86. The van der Waals surface area contributed by atoms with Crippen molar-refractivity contribution in [1.29, 1.82) is 0 Å². The van der Waals surface area contributed by atoms with Crippen LogP contribution >= 0.6 is 0 Å². The van der Waals surface area contributed by atoms with Gasteiger partial charge in [-0.25, -0.2) is 14.6 Å². The van der Waals surface area contributed by atoms with E-state index in [9.17, 15) is 5.11 Å². The molecule has 0 radical (unpaired) electrons. The summed E-state index contributed by atoms with van der Waals surface area (Å²) >= 11 is 0. The van der Waals surface area contributed by atoms with Crippen LogP contribution in [0, 0.1) is 0 Å². The lowest BCUT2D eigenvalue weighted by Crippen LogP contribution is -2.07. The summed E-state index contributed by atoms with van der Waals surface area (Å²) in [7, 11) is 0. The van der Waals surface area contributed by atoms with Gasteiger partial charge in [0.2, 0.25) is 0 Å². The van der Waals surface area contributed by atoms with E-state index < -0.39 is 0 Å². The summed E-state index contributed by atoms with van der Waals surface area (Å²) in [6, 6.07) is 0. The topological polar surface area (TPSA) is 77.0 Å². The lowest BCUT2D eigenvalue weighted by atomic mass is 10.1. The largest absolute Gasteiger partial charge is 0.447 e. The standard InChI is InChI=1S/C15H20N4O2/c20-8-7-19-15(12-13(10-5-6-10)21-9-16-12)17-14(18-19)11-3-1-2-4-11/h9-11,20H,1-8H2. The number of aliphatic hydroxyl groups excluding tert-OH is 1. The molecule has 2 aliphatic carbocycles. The second-order valence-corrected chi connectivity index (χ2v) is 6.06. The van der Waals surface area contributed by atoms with Crippen molar-refractivity contribution in [3.05, 3.63) is 18.0 Å². The fourth-order valence-electron chi connectivity index (χ4n) is 3.20. The Morgan fingerprint density at radius 3 is 2.71 bits per heavy atom. The Hall–Kier alpha value is -1.69. The number of oxazole rings is 1. The fourth-order valence-corrected chi connectivity index (χ4v) is 3.20. The molecule has 0 unspecified atom stereocenters. The third-order valence-electron chi connectivity index (χ3n) is 4.48. The molecule has 2 fully saturated rings. The molecule has 2 aromatic rings. The van der Waals surface area contributed by atoms with Gasteiger partial charge in [0.25, 0.3) is 0 Å². The van der Waals surface area contributed by atoms with Gasteiger partial charge in [0, 0.05) is 11.8 Å². The Morgan fingerprint density at radius 1 is 1.19 bits per heavy atom. The van der Waals surface area contributed by atoms with Gasteiger partial charge in [0.1, 0.15) is 11.5 Å². The van der Waals surface area contributed by atoms with E-state index in [4.69, 9.17) is 9.40 Å². The SMILES string of the molecule is OCCn1nc(C2CCCC2)nc1-c1ncoc1C1CC1. The molecule has 0 spiro atoms. The normalized spacial score (nSPS) is 19.5. The quantitative estimate of drug-likeness (QED) is 0.914. The maximum atomic E-state index is 9.27. The number of aliphatic hydroxyl groups is 1. The van der Waals surface area contributed by atoms with Gasteiger partial charge in [-0.2, -0.15) is 5.10 Å². The van der Waals surface area contributed by atoms with Crippen molar-refractivity contribution in [2.75, 3.05) is 6.61 Å². The van der Waals surface area contributed by atoms with Gasteiger partial charge in [-0.15, -0.1) is 0 Å². The minimum Gasteiger partial charge on any atom is -0.447 e. The van der Waals surface area contributed by atoms with Crippen molar-refractivity contribution >= 4 is 0 Å². The Balaban J connectivity index is 1.73. The minimum atomic E-state index is 0.0527. The van der Waals surface area contributed by atoms with Crippen molar-refractivity contribution < 1.29 is 9.52 Å². The van der Waals surface area contributed by atoms with Crippen LogP contribution in [0.4, 0.5) is 0 Å². The molecule has 0 saturated heterocycles. The summed E-state index contributed by atoms with van der Waals surface area (Å²) < 4.78 is 7.35. The van der Waals surface area contributed by atoms with Crippen LogP contribution in [0.2, 0.25) is 0 Å². The summed E-state index contributed by atoms with van der Waals surface area (Å²) in [6.45, 7) is 0.503. The van der Waals surface area contributed by atoms with E-state index in [-0.39, 0.29) is 6.61 Å². The van der Waals surface area contributed by atoms with Gasteiger partial charge in [-0.3, -0.25) is 0 Å². The zero-order chi connectivity index (χ0) is 14.2. The molecule has 1 N–H and O–H groups in total. The molecule has 6 nitrogen and oxygen atoms in total. The van der Waals surface area contributed by atoms with E-state index >= 15 is 0 Å². The van der Waals surface area contributed by atoms with Crippen molar-refractivity contribution in [2.24, 2.45) is 0 Å². The van der Waals surface area contributed by atoms with E-state index in [1.54, 1.807) is 4.68 Å². The summed E-state index contributed by atoms with van der Waals surface area (Å²) in [5.41, 5.74) is 0.808. The Kier molecular flexibility index (Phi) is 3.25. The van der Waals surface area contributed by atoms with Crippen LogP contribution in [0.25, 0.3) is 11.5 Å². The molecule has 6 heteroatoms. The third-order valence-corrected chi connectivity index (χ3v) is 4.48. The van der Waals surface area contributed by atoms with Crippen molar-refractivity contribution in [1.82, 2.24) is 19.7 Å². The van der Waals surface area contributed by atoms with Gasteiger partial charge < -0.3 is 9.52 Å². The van der Waals surface area contributed by atoms with Crippen LogP contribution in [0.1, 0.15) is 61.9 Å². The van der Waals surface area contributed by atoms with Gasteiger partial charge in [-0.1, -0.05) is 12.8 Å². The summed E-state index contributed by atoms with van der Waals surface area (Å²) in [6.07, 6.45) is 8.65. The van der Waals surface area contributed by atoms with Crippen molar-refractivity contribution in [3.63, 3.8) is 0 Å². The molecule has 2 aromatic heterocycles. The van der Waals surface area contributed by atoms with Crippen molar-refractivity contribution in [2.45, 2.75) is 56.9 Å². The summed E-state index contributed by atoms with van der Waals surface area (Å²) in [5, 5.41) is 13.9. The molecule has 0 aromatic carbocycles. The molecule has 4 rings (SSSR count). The highest BCUT2D eigenvalue weighted by molar-refractivity contribution is 5.54. The molecule has 2 saturated carbocycles. The number of nitrogens with zero attached hydrogens (tertiary/aromatic N) is 4. The Bertz CT molecular complexity index is 623. The Morgan fingerprint density at radius 2 is 2.00 bits per heavy atom. The van der Waals surface area contributed by atoms with Crippen LogP contribution in [0.5, 0.6) is 0 Å². The van der Waals surface area contributed by atoms with Crippen LogP contribution in [-0.2, 0) is 6.54 Å². The molecule has 21 heavy (non-hydrogen) atoms. The minimum absolute atomic E-state index is 0.0527. The smallest absolute Gasteiger partial charge is 0.181 e. The molecule has 0 amide bonds. The first-order valence-corrected chi connectivity index (χ1v) is 7.86. The molecule has 0 atom stereocenters. The number of rotatable bonds is 5. The molecule has 2 aliphatic rings. The third kappa shape index (κ3) is 2.37.